The molecule has 1 amide bonds. The van der Waals surface area contributed by atoms with Crippen LogP contribution in [0.25, 0.3) is 5.69 Å². The van der Waals surface area contributed by atoms with Gasteiger partial charge in [0.25, 0.3) is 5.91 Å². The third kappa shape index (κ3) is 4.73. The zero-order valence-electron chi connectivity index (χ0n) is 16.9. The van der Waals surface area contributed by atoms with E-state index in [1.807, 2.05) is 6.92 Å². The Morgan fingerprint density at radius 1 is 1.29 bits per heavy atom. The molecule has 1 aliphatic heterocycles. The Labute approximate surface area is 170 Å². The van der Waals surface area contributed by atoms with E-state index in [-0.39, 0.29) is 22.9 Å². The fourth-order valence-electron chi connectivity index (χ4n) is 4.18. The number of hydrogen-bond donors (Lipinski definition) is 1. The summed E-state index contributed by atoms with van der Waals surface area (Å²) in [6.07, 6.45) is 1.26. The standard InChI is InChI=1S/C21H28ClFN4O/c1-13-9-14(2)11-26(10-13)12-15(3)24-21(28)19-16(4)25-27(20(19)22)18-7-5-17(23)6-8-18/h5-8,13-15H,9-12H2,1-4H3,(H,24,28)/t13-,14-,15+/m1/s1. The van der Waals surface area contributed by atoms with Crippen LogP contribution in [0.5, 0.6) is 0 Å². The van der Waals surface area contributed by atoms with Crippen molar-refractivity contribution in [3.63, 3.8) is 0 Å². The Bertz CT molecular complexity index is 826. The molecule has 1 saturated heterocycles. The van der Waals surface area contributed by atoms with E-state index in [0.717, 1.165) is 19.6 Å². The Hall–Kier alpha value is -1.92. The summed E-state index contributed by atoms with van der Waals surface area (Å²) in [5.74, 6) is 0.785. The molecule has 0 aliphatic carbocycles. The summed E-state index contributed by atoms with van der Waals surface area (Å²) in [7, 11) is 0. The number of halogens is 2. The normalized spacial score (nSPS) is 21.5. The summed E-state index contributed by atoms with van der Waals surface area (Å²) >= 11 is 6.45. The molecule has 2 aromatic rings. The minimum atomic E-state index is -0.336. The molecule has 0 saturated carbocycles. The molecule has 1 aliphatic rings. The highest BCUT2D eigenvalue weighted by atomic mass is 35.5. The fraction of sp³-hybridized carbons (Fsp3) is 0.524. The van der Waals surface area contributed by atoms with Gasteiger partial charge in [-0.1, -0.05) is 25.4 Å². The lowest BCUT2D eigenvalue weighted by molar-refractivity contribution is 0.0904. The molecule has 1 aromatic heterocycles. The van der Waals surface area contributed by atoms with Crippen LogP contribution in [0.2, 0.25) is 5.15 Å². The van der Waals surface area contributed by atoms with E-state index in [0.29, 0.717) is 28.8 Å². The SMILES string of the molecule is Cc1nn(-c2ccc(F)cc2)c(Cl)c1C(=O)N[C@@H](C)CN1C[C@H](C)C[C@@H](C)C1. The van der Waals surface area contributed by atoms with Crippen molar-refractivity contribution in [1.29, 1.82) is 0 Å². The first-order chi connectivity index (χ1) is 13.2. The molecule has 3 atom stereocenters. The first-order valence-corrected chi connectivity index (χ1v) is 10.2. The third-order valence-electron chi connectivity index (χ3n) is 5.16. The van der Waals surface area contributed by atoms with Gasteiger partial charge in [0.05, 0.1) is 16.9 Å². The number of benzene rings is 1. The molecule has 2 heterocycles. The Kier molecular flexibility index (Phi) is 6.40. The van der Waals surface area contributed by atoms with Gasteiger partial charge in [-0.05, 0) is 56.4 Å². The summed E-state index contributed by atoms with van der Waals surface area (Å²) < 4.78 is 14.6. The van der Waals surface area contributed by atoms with Gasteiger partial charge in [-0.3, -0.25) is 4.79 Å². The second-order valence-corrected chi connectivity index (χ2v) is 8.54. The average Bonchev–Trinajstić information content (AvgIpc) is 2.89. The topological polar surface area (TPSA) is 50.2 Å². The maximum Gasteiger partial charge on any atom is 0.256 e. The van der Waals surface area contributed by atoms with Crippen molar-refractivity contribution in [3.05, 3.63) is 46.5 Å². The molecule has 0 spiro atoms. The molecule has 0 radical (unpaired) electrons. The highest BCUT2D eigenvalue weighted by molar-refractivity contribution is 6.33. The number of nitrogens with one attached hydrogen (secondary N) is 1. The Morgan fingerprint density at radius 2 is 1.89 bits per heavy atom. The van der Waals surface area contributed by atoms with E-state index >= 15 is 0 Å². The van der Waals surface area contributed by atoms with Crippen molar-refractivity contribution in [3.8, 4) is 5.69 Å². The van der Waals surface area contributed by atoms with Gasteiger partial charge in [0.1, 0.15) is 11.0 Å². The Balaban J connectivity index is 1.69. The van der Waals surface area contributed by atoms with Crippen molar-refractivity contribution in [2.45, 2.75) is 40.2 Å². The van der Waals surface area contributed by atoms with Crippen molar-refractivity contribution in [2.75, 3.05) is 19.6 Å². The van der Waals surface area contributed by atoms with Gasteiger partial charge in [-0.25, -0.2) is 9.07 Å². The van der Waals surface area contributed by atoms with Gasteiger partial charge in [0.15, 0.2) is 0 Å². The van der Waals surface area contributed by atoms with E-state index in [2.05, 4.69) is 29.2 Å². The van der Waals surface area contributed by atoms with Crippen LogP contribution in [0.1, 0.15) is 43.2 Å². The summed E-state index contributed by atoms with van der Waals surface area (Å²) in [6, 6.07) is 5.83. The number of aryl methyl sites for hydroxylation is 1. The molecular weight excluding hydrogens is 379 g/mol. The maximum absolute atomic E-state index is 13.2. The van der Waals surface area contributed by atoms with Crippen molar-refractivity contribution in [2.24, 2.45) is 11.8 Å². The van der Waals surface area contributed by atoms with E-state index in [1.165, 1.54) is 23.2 Å². The predicted octanol–water partition coefficient (Wildman–Crippen LogP) is 4.07. The van der Waals surface area contributed by atoms with Crippen LogP contribution >= 0.6 is 11.6 Å². The summed E-state index contributed by atoms with van der Waals surface area (Å²) in [5.41, 5.74) is 1.51. The van der Waals surface area contributed by atoms with Crippen LogP contribution < -0.4 is 5.32 Å². The lowest BCUT2D eigenvalue weighted by Gasteiger charge is -2.36. The number of carbonyl (C=O) groups excluding carboxylic acids is 1. The summed E-state index contributed by atoms with van der Waals surface area (Å²) in [6.45, 7) is 11.2. The van der Waals surface area contributed by atoms with Crippen molar-refractivity contribution < 1.29 is 9.18 Å². The molecule has 1 aromatic carbocycles. The Morgan fingerprint density at radius 3 is 2.50 bits per heavy atom. The highest BCUT2D eigenvalue weighted by Crippen LogP contribution is 2.24. The van der Waals surface area contributed by atoms with Crippen LogP contribution in [0, 0.1) is 24.6 Å². The van der Waals surface area contributed by atoms with Gasteiger partial charge in [0.2, 0.25) is 0 Å². The van der Waals surface area contributed by atoms with Gasteiger partial charge in [0, 0.05) is 25.7 Å². The van der Waals surface area contributed by atoms with E-state index in [1.54, 1.807) is 19.1 Å². The molecule has 1 fully saturated rings. The second-order valence-electron chi connectivity index (χ2n) is 8.18. The average molecular weight is 407 g/mol. The van der Waals surface area contributed by atoms with Crippen LogP contribution in [-0.4, -0.2) is 46.3 Å². The van der Waals surface area contributed by atoms with Crippen LogP contribution in [-0.2, 0) is 0 Å². The smallest absolute Gasteiger partial charge is 0.256 e. The number of rotatable bonds is 5. The lowest BCUT2D eigenvalue weighted by Crippen LogP contribution is -2.47. The largest absolute Gasteiger partial charge is 0.348 e. The van der Waals surface area contributed by atoms with E-state index in [9.17, 15) is 9.18 Å². The molecule has 152 valence electrons. The third-order valence-corrected chi connectivity index (χ3v) is 5.51. The number of aromatic nitrogens is 2. The van der Waals surface area contributed by atoms with Crippen molar-refractivity contribution >= 4 is 17.5 Å². The van der Waals surface area contributed by atoms with Crippen LogP contribution in [0.4, 0.5) is 4.39 Å². The molecule has 0 bridgehead atoms. The maximum atomic E-state index is 13.2. The predicted molar refractivity (Wildman–Crippen MR) is 110 cm³/mol. The number of hydrogen-bond acceptors (Lipinski definition) is 3. The zero-order valence-corrected chi connectivity index (χ0v) is 17.6. The highest BCUT2D eigenvalue weighted by Gasteiger charge is 2.25. The molecular formula is C21H28ClFN4O. The monoisotopic (exact) mass is 406 g/mol. The zero-order chi connectivity index (χ0) is 20.4. The second kappa shape index (κ2) is 8.62. The molecule has 3 rings (SSSR count). The summed E-state index contributed by atoms with van der Waals surface area (Å²) in [5, 5.41) is 7.65. The first kappa shape index (κ1) is 20.8. The molecule has 28 heavy (non-hydrogen) atoms. The quantitative estimate of drug-likeness (QED) is 0.814. The fourth-order valence-corrected chi connectivity index (χ4v) is 4.54. The van der Waals surface area contributed by atoms with Gasteiger partial charge >= 0.3 is 0 Å². The van der Waals surface area contributed by atoms with Crippen molar-refractivity contribution in [1.82, 2.24) is 20.0 Å². The number of amides is 1. The minimum absolute atomic E-state index is 0.00496. The van der Waals surface area contributed by atoms with E-state index < -0.39 is 0 Å². The van der Waals surface area contributed by atoms with Gasteiger partial charge < -0.3 is 10.2 Å². The summed E-state index contributed by atoms with van der Waals surface area (Å²) in [4.78, 5) is 15.3. The van der Waals surface area contributed by atoms with E-state index in [4.69, 9.17) is 11.6 Å². The van der Waals surface area contributed by atoms with Crippen LogP contribution in [0.3, 0.4) is 0 Å². The van der Waals surface area contributed by atoms with Crippen LogP contribution in [0.15, 0.2) is 24.3 Å². The number of piperidine rings is 1. The number of likely N-dealkylation sites (tertiary alicyclic amines) is 1. The number of nitrogens with zero attached hydrogens (tertiary/aromatic N) is 3. The van der Waals surface area contributed by atoms with Gasteiger partial charge in [-0.2, -0.15) is 5.10 Å². The molecule has 7 heteroatoms. The first-order valence-electron chi connectivity index (χ1n) is 9.78. The lowest BCUT2D eigenvalue weighted by atomic mass is 9.92. The molecule has 1 N–H and O–H groups in total. The minimum Gasteiger partial charge on any atom is -0.348 e. The molecule has 0 unspecified atom stereocenters. The number of carbonyl (C=O) groups is 1. The van der Waals surface area contributed by atoms with Gasteiger partial charge in [-0.15, -0.1) is 0 Å². The molecule has 5 nitrogen and oxygen atoms in total.